The molecule has 1 N–H and O–H groups in total. The minimum Gasteiger partial charge on any atom is -0.414 e. The van der Waals surface area contributed by atoms with Crippen LogP contribution in [0.1, 0.15) is 41.5 Å². The average molecular weight is 290 g/mol. The molecule has 0 aromatic rings. The molecule has 1 fully saturated rings. The van der Waals surface area contributed by atoms with Crippen molar-refractivity contribution in [2.24, 2.45) is 0 Å². The van der Waals surface area contributed by atoms with Crippen LogP contribution in [0.2, 0.25) is 18.1 Å². The number of ether oxygens (including phenoxy) is 2. The monoisotopic (exact) mass is 290 g/mol. The molecule has 0 spiro atoms. The molecular formula is C14H30O4Si. The Hall–Kier alpha value is 0.0569. The Labute approximate surface area is 118 Å². The molecule has 0 radical (unpaired) electrons. The summed E-state index contributed by atoms with van der Waals surface area (Å²) in [5, 5.41) is 10.4. The number of aliphatic hydroxyl groups is 1. The Morgan fingerprint density at radius 3 is 2.16 bits per heavy atom. The molecule has 0 amide bonds. The zero-order valence-corrected chi connectivity index (χ0v) is 14.6. The van der Waals surface area contributed by atoms with Crippen LogP contribution >= 0.6 is 0 Å². The van der Waals surface area contributed by atoms with Crippen LogP contribution < -0.4 is 0 Å². The molecule has 1 aliphatic heterocycles. The number of aliphatic hydroxyl groups excluding tert-OH is 1. The van der Waals surface area contributed by atoms with Crippen LogP contribution in [0, 0.1) is 0 Å². The highest BCUT2D eigenvalue weighted by atomic mass is 28.4. The number of hydrogen-bond donors (Lipinski definition) is 1. The summed E-state index contributed by atoms with van der Waals surface area (Å²) in [6, 6.07) is 0. The highest BCUT2D eigenvalue weighted by Crippen LogP contribution is 2.37. The first-order valence-corrected chi connectivity index (χ1v) is 9.94. The predicted octanol–water partition coefficient (Wildman–Crippen LogP) is 2.91. The van der Waals surface area contributed by atoms with E-state index in [1.54, 1.807) is 0 Å². The highest BCUT2D eigenvalue weighted by molar-refractivity contribution is 6.74. The Morgan fingerprint density at radius 2 is 1.79 bits per heavy atom. The molecule has 0 aromatic heterocycles. The van der Waals surface area contributed by atoms with Crippen LogP contribution in [-0.2, 0) is 13.9 Å². The normalized spacial score (nSPS) is 29.5. The maximum atomic E-state index is 10.3. The minimum absolute atomic E-state index is 0.118. The summed E-state index contributed by atoms with van der Waals surface area (Å²) in [5.74, 6) is -0.623. The first kappa shape index (κ1) is 17.1. The zero-order chi connectivity index (χ0) is 15.1. The lowest BCUT2D eigenvalue weighted by molar-refractivity contribution is -0.156. The van der Waals surface area contributed by atoms with E-state index in [0.717, 1.165) is 0 Å². The van der Waals surface area contributed by atoms with Crippen molar-refractivity contribution >= 4 is 8.32 Å². The fourth-order valence-electron chi connectivity index (χ4n) is 1.96. The number of rotatable bonds is 4. The molecule has 4 nitrogen and oxygen atoms in total. The summed E-state index contributed by atoms with van der Waals surface area (Å²) in [4.78, 5) is 0. The van der Waals surface area contributed by atoms with Gasteiger partial charge in [-0.3, -0.25) is 0 Å². The van der Waals surface area contributed by atoms with E-state index >= 15 is 0 Å². The Kier molecular flexibility index (Phi) is 4.90. The molecule has 1 heterocycles. The number of hydrogen-bond acceptors (Lipinski definition) is 4. The molecule has 0 unspecified atom stereocenters. The van der Waals surface area contributed by atoms with Gasteiger partial charge in [-0.05, 0) is 38.9 Å². The molecule has 114 valence electrons. The van der Waals surface area contributed by atoms with Crippen molar-refractivity contribution in [2.75, 3.05) is 6.61 Å². The third-order valence-electron chi connectivity index (χ3n) is 4.15. The second kappa shape index (κ2) is 5.45. The summed E-state index contributed by atoms with van der Waals surface area (Å²) in [7, 11) is -1.83. The Bertz CT molecular complexity index is 309. The second-order valence-corrected chi connectivity index (χ2v) is 12.3. The molecule has 0 saturated carbocycles. The van der Waals surface area contributed by atoms with Crippen LogP contribution in [0.5, 0.6) is 0 Å². The van der Waals surface area contributed by atoms with E-state index in [2.05, 4.69) is 33.9 Å². The topological polar surface area (TPSA) is 47.9 Å². The van der Waals surface area contributed by atoms with Crippen LogP contribution in [0.4, 0.5) is 0 Å². The van der Waals surface area contributed by atoms with Gasteiger partial charge in [0.15, 0.2) is 14.1 Å². The lowest BCUT2D eigenvalue weighted by atomic mass is 10.1. The van der Waals surface area contributed by atoms with E-state index in [1.165, 1.54) is 0 Å². The highest BCUT2D eigenvalue weighted by Gasteiger charge is 2.44. The molecule has 1 aliphatic rings. The van der Waals surface area contributed by atoms with Gasteiger partial charge >= 0.3 is 0 Å². The minimum atomic E-state index is -1.83. The lowest BCUT2D eigenvalue weighted by Gasteiger charge is -2.37. The van der Waals surface area contributed by atoms with Crippen molar-refractivity contribution in [1.29, 1.82) is 0 Å². The molecular weight excluding hydrogens is 260 g/mol. The zero-order valence-electron chi connectivity index (χ0n) is 13.6. The van der Waals surface area contributed by atoms with Gasteiger partial charge in [0.2, 0.25) is 0 Å². The van der Waals surface area contributed by atoms with Crippen LogP contribution in [0.25, 0.3) is 0 Å². The first-order chi connectivity index (χ1) is 8.36. The predicted molar refractivity (Wildman–Crippen MR) is 78.7 cm³/mol. The molecule has 0 aromatic carbocycles. The van der Waals surface area contributed by atoms with Gasteiger partial charge in [-0.2, -0.15) is 0 Å². The summed E-state index contributed by atoms with van der Waals surface area (Å²) in [6.45, 7) is 16.9. The standard InChI is InChI=1S/C14H30O4Si/c1-10-12(18-14(5,6)17-10)11(15)9-16-19(7,8)13(2,3)4/h10-12,15H,9H2,1-8H3/t10-,11+,12-/m1/s1. The van der Waals surface area contributed by atoms with Gasteiger partial charge in [0.05, 0.1) is 12.7 Å². The van der Waals surface area contributed by atoms with Gasteiger partial charge in [0.25, 0.3) is 0 Å². The third-order valence-corrected chi connectivity index (χ3v) is 8.65. The maximum absolute atomic E-state index is 10.3. The molecule has 0 aliphatic carbocycles. The average Bonchev–Trinajstić information content (AvgIpc) is 2.47. The molecule has 3 atom stereocenters. The smallest absolute Gasteiger partial charge is 0.192 e. The Morgan fingerprint density at radius 1 is 1.26 bits per heavy atom. The SMILES string of the molecule is C[C@H]1OC(C)(C)O[C@H]1[C@@H](O)CO[Si](C)(C)C(C)(C)C. The van der Waals surface area contributed by atoms with Gasteiger partial charge in [-0.25, -0.2) is 0 Å². The van der Waals surface area contributed by atoms with Crippen molar-refractivity contribution in [2.45, 2.75) is 83.8 Å². The van der Waals surface area contributed by atoms with E-state index in [-0.39, 0.29) is 17.2 Å². The van der Waals surface area contributed by atoms with E-state index in [9.17, 15) is 5.11 Å². The fraction of sp³-hybridized carbons (Fsp3) is 1.00. The quantitative estimate of drug-likeness (QED) is 0.809. The van der Waals surface area contributed by atoms with E-state index in [0.29, 0.717) is 6.61 Å². The van der Waals surface area contributed by atoms with Gasteiger partial charge in [-0.1, -0.05) is 20.8 Å². The van der Waals surface area contributed by atoms with Crippen molar-refractivity contribution in [1.82, 2.24) is 0 Å². The molecule has 0 bridgehead atoms. The largest absolute Gasteiger partial charge is 0.414 e. The summed E-state index contributed by atoms with van der Waals surface area (Å²) < 4.78 is 17.4. The Balaban J connectivity index is 2.55. The van der Waals surface area contributed by atoms with Crippen LogP contribution in [-0.4, -0.2) is 44.1 Å². The molecule has 19 heavy (non-hydrogen) atoms. The van der Waals surface area contributed by atoms with E-state index < -0.39 is 20.2 Å². The maximum Gasteiger partial charge on any atom is 0.192 e. The third kappa shape index (κ3) is 4.26. The van der Waals surface area contributed by atoms with Crippen molar-refractivity contribution in [3.8, 4) is 0 Å². The van der Waals surface area contributed by atoms with Gasteiger partial charge < -0.3 is 19.0 Å². The molecule has 1 rings (SSSR count). The summed E-state index contributed by atoms with van der Waals surface area (Å²) in [6.07, 6.45) is -1.08. The first-order valence-electron chi connectivity index (χ1n) is 7.03. The van der Waals surface area contributed by atoms with Crippen LogP contribution in [0.3, 0.4) is 0 Å². The lowest BCUT2D eigenvalue weighted by Crippen LogP contribution is -2.45. The fourth-order valence-corrected chi connectivity index (χ4v) is 2.98. The molecule has 5 heteroatoms. The van der Waals surface area contributed by atoms with E-state index in [1.807, 2.05) is 20.8 Å². The van der Waals surface area contributed by atoms with Crippen molar-refractivity contribution in [3.63, 3.8) is 0 Å². The van der Waals surface area contributed by atoms with Crippen molar-refractivity contribution < 1.29 is 19.0 Å². The van der Waals surface area contributed by atoms with Crippen LogP contribution in [0.15, 0.2) is 0 Å². The summed E-state index contributed by atoms with van der Waals surface area (Å²) >= 11 is 0. The van der Waals surface area contributed by atoms with Gasteiger partial charge in [0, 0.05) is 0 Å². The van der Waals surface area contributed by atoms with Gasteiger partial charge in [0.1, 0.15) is 12.2 Å². The second-order valence-electron chi connectivity index (χ2n) is 7.44. The molecule has 1 saturated heterocycles. The van der Waals surface area contributed by atoms with Crippen molar-refractivity contribution in [3.05, 3.63) is 0 Å². The van der Waals surface area contributed by atoms with E-state index in [4.69, 9.17) is 13.9 Å². The van der Waals surface area contributed by atoms with Gasteiger partial charge in [-0.15, -0.1) is 0 Å². The summed E-state index contributed by atoms with van der Waals surface area (Å²) in [5.41, 5.74) is 0.